The highest BCUT2D eigenvalue weighted by molar-refractivity contribution is 5.97. The van der Waals surface area contributed by atoms with Gasteiger partial charge in [0.25, 0.3) is 5.91 Å². The summed E-state index contributed by atoms with van der Waals surface area (Å²) in [7, 11) is 0. The molecule has 0 saturated carbocycles. The number of nitrogens with one attached hydrogen (secondary N) is 2. The minimum absolute atomic E-state index is 0.155. The summed E-state index contributed by atoms with van der Waals surface area (Å²) in [5, 5.41) is 14.9. The Morgan fingerprint density at radius 3 is 2.93 bits per heavy atom. The Hall–Kier alpha value is -2.77. The molecule has 3 N–H and O–H groups in total. The topological polar surface area (TPSA) is 108 Å². The number of likely N-dealkylation sites (tertiary alicyclic amines) is 1. The van der Waals surface area contributed by atoms with Crippen LogP contribution in [0.1, 0.15) is 44.7 Å². The van der Waals surface area contributed by atoms with Crippen LogP contribution in [0.3, 0.4) is 0 Å². The monoisotopic (exact) mass is 375 g/mol. The predicted molar refractivity (Wildman–Crippen MR) is 98.7 cm³/mol. The highest BCUT2D eigenvalue weighted by Gasteiger charge is 2.29. The van der Waals surface area contributed by atoms with E-state index in [1.54, 1.807) is 11.0 Å². The third-order valence-electron chi connectivity index (χ3n) is 5.09. The van der Waals surface area contributed by atoms with Gasteiger partial charge < -0.3 is 25.4 Å². The number of ether oxygens (including phenoxy) is 1. The number of benzene rings is 1. The molecule has 0 radical (unpaired) electrons. The normalized spacial score (nSPS) is 22.9. The molecule has 3 unspecified atom stereocenters. The van der Waals surface area contributed by atoms with Crippen molar-refractivity contribution < 1.29 is 24.2 Å². The number of carbonyl (C=O) groups excluding carboxylic acids is 2. The average Bonchev–Trinajstić information content (AvgIpc) is 2.67. The molecule has 0 aromatic heterocycles. The zero-order valence-electron chi connectivity index (χ0n) is 15.5. The van der Waals surface area contributed by atoms with Crippen molar-refractivity contribution in [3.8, 4) is 5.75 Å². The Labute approximate surface area is 157 Å². The molecule has 27 heavy (non-hydrogen) atoms. The first-order valence-corrected chi connectivity index (χ1v) is 9.28. The highest BCUT2D eigenvalue weighted by Crippen LogP contribution is 2.33. The second kappa shape index (κ2) is 7.85. The summed E-state index contributed by atoms with van der Waals surface area (Å²) in [6.07, 6.45) is 1.34. The quantitative estimate of drug-likeness (QED) is 0.749. The summed E-state index contributed by atoms with van der Waals surface area (Å²) in [4.78, 5) is 37.1. The van der Waals surface area contributed by atoms with Crippen LogP contribution in [0.25, 0.3) is 0 Å². The van der Waals surface area contributed by atoms with Gasteiger partial charge in [0.1, 0.15) is 5.75 Å². The Balaban J connectivity index is 1.66. The first kappa shape index (κ1) is 19.0. The lowest BCUT2D eigenvalue weighted by Gasteiger charge is -2.32. The number of piperidine rings is 1. The van der Waals surface area contributed by atoms with Crippen LogP contribution in [-0.4, -0.2) is 47.1 Å². The number of nitrogens with zero attached hydrogens (tertiary/aromatic N) is 1. The molecule has 3 amide bonds. The third-order valence-corrected chi connectivity index (χ3v) is 5.09. The van der Waals surface area contributed by atoms with E-state index < -0.39 is 18.0 Å². The number of carboxylic acid groups (broad SMARTS) is 1. The van der Waals surface area contributed by atoms with Gasteiger partial charge in [-0.2, -0.15) is 0 Å². The van der Waals surface area contributed by atoms with Gasteiger partial charge in [0.15, 0.2) is 6.10 Å². The van der Waals surface area contributed by atoms with E-state index in [0.29, 0.717) is 37.2 Å². The van der Waals surface area contributed by atoms with Gasteiger partial charge in [-0.1, -0.05) is 13.0 Å². The van der Waals surface area contributed by atoms with Crippen molar-refractivity contribution >= 4 is 23.6 Å². The minimum Gasteiger partial charge on any atom is -0.481 e. The molecule has 3 atom stereocenters. The summed E-state index contributed by atoms with van der Waals surface area (Å²) < 4.78 is 5.75. The van der Waals surface area contributed by atoms with Crippen LogP contribution in [0.2, 0.25) is 0 Å². The standard InChI is InChI=1S/C19H25N3O5/c1-3-15-17(23)21-14-7-6-12(9-16(14)27-15)11(2)20-19(26)22-8-4-5-13(10-22)18(24)25/h6-7,9,11,13,15H,3-5,8,10H2,1-2H3,(H,20,26)(H,21,23)(H,24,25). The van der Waals surface area contributed by atoms with Crippen molar-refractivity contribution in [3.63, 3.8) is 0 Å². The maximum absolute atomic E-state index is 12.5. The van der Waals surface area contributed by atoms with Crippen LogP contribution >= 0.6 is 0 Å². The second-order valence-corrected chi connectivity index (χ2v) is 7.05. The van der Waals surface area contributed by atoms with Crippen LogP contribution in [0.4, 0.5) is 10.5 Å². The summed E-state index contributed by atoms with van der Waals surface area (Å²) in [5.41, 5.74) is 1.47. The molecule has 2 heterocycles. The van der Waals surface area contributed by atoms with Gasteiger partial charge in [-0.3, -0.25) is 9.59 Å². The molecule has 8 nitrogen and oxygen atoms in total. The van der Waals surface area contributed by atoms with E-state index in [4.69, 9.17) is 9.84 Å². The van der Waals surface area contributed by atoms with Gasteiger partial charge in [0, 0.05) is 13.1 Å². The lowest BCUT2D eigenvalue weighted by Crippen LogP contribution is -2.47. The van der Waals surface area contributed by atoms with Gasteiger partial charge in [-0.05, 0) is 43.9 Å². The number of anilines is 1. The van der Waals surface area contributed by atoms with Crippen molar-refractivity contribution in [2.75, 3.05) is 18.4 Å². The van der Waals surface area contributed by atoms with Crippen molar-refractivity contribution in [1.82, 2.24) is 10.2 Å². The third kappa shape index (κ3) is 4.15. The van der Waals surface area contributed by atoms with Crippen molar-refractivity contribution in [2.45, 2.75) is 45.3 Å². The molecular formula is C19H25N3O5. The largest absolute Gasteiger partial charge is 0.481 e. The molecule has 0 spiro atoms. The first-order chi connectivity index (χ1) is 12.9. The number of amides is 3. The van der Waals surface area contributed by atoms with E-state index >= 15 is 0 Å². The van der Waals surface area contributed by atoms with Crippen molar-refractivity contribution in [2.24, 2.45) is 5.92 Å². The molecule has 1 aromatic rings. The number of hydrogen-bond acceptors (Lipinski definition) is 4. The van der Waals surface area contributed by atoms with Crippen LogP contribution in [0, 0.1) is 5.92 Å². The first-order valence-electron chi connectivity index (χ1n) is 9.28. The van der Waals surface area contributed by atoms with Crippen LogP contribution in [0.5, 0.6) is 5.75 Å². The molecule has 0 aliphatic carbocycles. The van der Waals surface area contributed by atoms with E-state index in [-0.39, 0.29) is 24.5 Å². The smallest absolute Gasteiger partial charge is 0.317 e. The summed E-state index contributed by atoms with van der Waals surface area (Å²) in [6.45, 7) is 4.52. The Kier molecular flexibility index (Phi) is 5.53. The Bertz CT molecular complexity index is 751. The van der Waals surface area contributed by atoms with E-state index in [1.807, 2.05) is 26.0 Å². The number of urea groups is 1. The van der Waals surface area contributed by atoms with Crippen LogP contribution in [0.15, 0.2) is 18.2 Å². The lowest BCUT2D eigenvalue weighted by molar-refractivity contribution is -0.143. The van der Waals surface area contributed by atoms with Crippen molar-refractivity contribution in [1.29, 1.82) is 0 Å². The van der Waals surface area contributed by atoms with Gasteiger partial charge in [-0.25, -0.2) is 4.79 Å². The minimum atomic E-state index is -0.861. The van der Waals surface area contributed by atoms with E-state index in [0.717, 1.165) is 5.56 Å². The van der Waals surface area contributed by atoms with Crippen LogP contribution < -0.4 is 15.4 Å². The Morgan fingerprint density at radius 1 is 1.44 bits per heavy atom. The average molecular weight is 375 g/mol. The number of rotatable bonds is 4. The van der Waals surface area contributed by atoms with Crippen LogP contribution in [-0.2, 0) is 9.59 Å². The number of fused-ring (bicyclic) bond motifs is 1. The number of hydrogen-bond donors (Lipinski definition) is 3. The molecule has 3 rings (SSSR count). The summed E-state index contributed by atoms with van der Waals surface area (Å²) in [6, 6.07) is 4.86. The molecule has 0 bridgehead atoms. The predicted octanol–water partition coefficient (Wildman–Crippen LogP) is 2.36. The number of aliphatic carboxylic acids is 1. The SMILES string of the molecule is CCC1Oc2cc(C(C)NC(=O)N3CCCC(C(=O)O)C3)ccc2NC1=O. The van der Waals surface area contributed by atoms with Gasteiger partial charge >= 0.3 is 12.0 Å². The van der Waals surface area contributed by atoms with Gasteiger partial charge in [0.2, 0.25) is 0 Å². The lowest BCUT2D eigenvalue weighted by atomic mass is 9.98. The fourth-order valence-electron chi connectivity index (χ4n) is 3.42. The van der Waals surface area contributed by atoms with E-state index in [2.05, 4.69) is 10.6 Å². The molecule has 146 valence electrons. The van der Waals surface area contributed by atoms with E-state index in [9.17, 15) is 14.4 Å². The molecule has 1 saturated heterocycles. The molecular weight excluding hydrogens is 350 g/mol. The highest BCUT2D eigenvalue weighted by atomic mass is 16.5. The molecule has 1 aromatic carbocycles. The molecule has 8 heteroatoms. The maximum atomic E-state index is 12.5. The zero-order valence-corrected chi connectivity index (χ0v) is 15.5. The molecule has 1 fully saturated rings. The fourth-order valence-corrected chi connectivity index (χ4v) is 3.42. The van der Waals surface area contributed by atoms with Gasteiger partial charge in [-0.15, -0.1) is 0 Å². The van der Waals surface area contributed by atoms with Gasteiger partial charge in [0.05, 0.1) is 17.6 Å². The maximum Gasteiger partial charge on any atom is 0.317 e. The fraction of sp³-hybridized carbons (Fsp3) is 0.526. The second-order valence-electron chi connectivity index (χ2n) is 7.05. The van der Waals surface area contributed by atoms with Crippen molar-refractivity contribution in [3.05, 3.63) is 23.8 Å². The zero-order chi connectivity index (χ0) is 19.6. The number of carbonyl (C=O) groups is 3. The Morgan fingerprint density at radius 2 is 2.22 bits per heavy atom. The van der Waals surface area contributed by atoms with E-state index in [1.165, 1.54) is 0 Å². The molecule has 2 aliphatic rings. The molecule has 2 aliphatic heterocycles. The number of carboxylic acids is 1. The summed E-state index contributed by atoms with van der Waals surface area (Å²) >= 11 is 0. The summed E-state index contributed by atoms with van der Waals surface area (Å²) in [5.74, 6) is -0.937.